The first-order chi connectivity index (χ1) is 11.3. The fourth-order valence-corrected chi connectivity index (χ4v) is 4.00. The molecule has 0 fully saturated rings. The smallest absolute Gasteiger partial charge is 0.251 e. The maximum atomic E-state index is 12.4. The van der Waals surface area contributed by atoms with E-state index in [4.69, 9.17) is 5.73 Å². The van der Waals surface area contributed by atoms with Crippen LogP contribution in [0.5, 0.6) is 0 Å². The summed E-state index contributed by atoms with van der Waals surface area (Å²) in [6.07, 6.45) is 0.802. The number of sulfonamides is 1. The molecule has 0 radical (unpaired) electrons. The number of benzene rings is 1. The van der Waals surface area contributed by atoms with Gasteiger partial charge in [-0.25, -0.2) is 8.42 Å². The fraction of sp³-hybridized carbons (Fsp3) is 0.588. The van der Waals surface area contributed by atoms with Crippen LogP contribution in [0.4, 0.5) is 0 Å². The summed E-state index contributed by atoms with van der Waals surface area (Å²) in [6.45, 7) is 8.93. The second-order valence-electron chi connectivity index (χ2n) is 6.15. The number of hydrogen-bond donors (Lipinski definition) is 2. The van der Waals surface area contributed by atoms with Crippen LogP contribution in [-0.2, 0) is 10.0 Å². The number of nitrogens with two attached hydrogens (primary N) is 1. The zero-order chi connectivity index (χ0) is 18.3. The first kappa shape index (κ1) is 23.9. The van der Waals surface area contributed by atoms with Gasteiger partial charge in [-0.2, -0.15) is 4.31 Å². The molecule has 1 aromatic carbocycles. The highest BCUT2D eigenvalue weighted by Crippen LogP contribution is 2.16. The molecule has 0 aliphatic rings. The number of rotatable bonds is 9. The van der Waals surface area contributed by atoms with E-state index in [2.05, 4.69) is 19.2 Å². The standard InChI is InChI=1S/C17H29N3O3S.ClH/c1-5-20(6-2)24(22,23)16-9-7-14(8-10-16)17(21)19-15(12-18)11-13(3)4;/h7-10,13,15H,5-6,11-12,18H2,1-4H3,(H,19,21);1H. The van der Waals surface area contributed by atoms with Crippen molar-refractivity contribution in [3.8, 4) is 0 Å². The van der Waals surface area contributed by atoms with E-state index in [1.807, 2.05) is 0 Å². The van der Waals surface area contributed by atoms with Gasteiger partial charge in [-0.1, -0.05) is 27.7 Å². The molecule has 8 heteroatoms. The van der Waals surface area contributed by atoms with Crippen LogP contribution in [-0.4, -0.2) is 44.3 Å². The first-order valence-electron chi connectivity index (χ1n) is 8.37. The van der Waals surface area contributed by atoms with Crippen LogP contribution in [0.1, 0.15) is 44.5 Å². The van der Waals surface area contributed by atoms with Gasteiger partial charge in [0.1, 0.15) is 0 Å². The fourth-order valence-electron chi connectivity index (χ4n) is 2.54. The predicted molar refractivity (Wildman–Crippen MR) is 104 cm³/mol. The van der Waals surface area contributed by atoms with Crippen LogP contribution >= 0.6 is 12.4 Å². The molecule has 3 N–H and O–H groups in total. The number of nitrogens with zero attached hydrogens (tertiary/aromatic N) is 1. The van der Waals surface area contributed by atoms with E-state index >= 15 is 0 Å². The summed E-state index contributed by atoms with van der Waals surface area (Å²) in [6, 6.07) is 5.94. The number of carbonyl (C=O) groups is 1. The highest BCUT2D eigenvalue weighted by molar-refractivity contribution is 7.89. The van der Waals surface area contributed by atoms with E-state index in [9.17, 15) is 13.2 Å². The lowest BCUT2D eigenvalue weighted by Crippen LogP contribution is -2.41. The van der Waals surface area contributed by atoms with Crippen molar-refractivity contribution in [3.05, 3.63) is 29.8 Å². The molecule has 0 aliphatic heterocycles. The van der Waals surface area contributed by atoms with Gasteiger partial charge < -0.3 is 11.1 Å². The maximum Gasteiger partial charge on any atom is 0.251 e. The first-order valence-corrected chi connectivity index (χ1v) is 9.81. The van der Waals surface area contributed by atoms with Gasteiger partial charge in [0.15, 0.2) is 0 Å². The molecular weight excluding hydrogens is 362 g/mol. The molecule has 1 unspecified atom stereocenters. The number of halogens is 1. The second-order valence-corrected chi connectivity index (χ2v) is 8.09. The van der Waals surface area contributed by atoms with Crippen molar-refractivity contribution in [1.82, 2.24) is 9.62 Å². The second kappa shape index (κ2) is 10.8. The lowest BCUT2D eigenvalue weighted by molar-refractivity contribution is 0.0933. The lowest BCUT2D eigenvalue weighted by Gasteiger charge is -2.20. The van der Waals surface area contributed by atoms with E-state index < -0.39 is 10.0 Å². The summed E-state index contributed by atoms with van der Waals surface area (Å²) in [4.78, 5) is 12.5. The van der Waals surface area contributed by atoms with Crippen LogP contribution in [0, 0.1) is 5.92 Å². The molecule has 0 aromatic heterocycles. The van der Waals surface area contributed by atoms with E-state index in [0.717, 1.165) is 6.42 Å². The van der Waals surface area contributed by atoms with Gasteiger partial charge in [0.25, 0.3) is 5.91 Å². The van der Waals surface area contributed by atoms with E-state index in [1.54, 1.807) is 13.8 Å². The largest absolute Gasteiger partial charge is 0.348 e. The Morgan fingerprint density at radius 3 is 2.08 bits per heavy atom. The molecule has 0 saturated carbocycles. The van der Waals surface area contributed by atoms with Gasteiger partial charge >= 0.3 is 0 Å². The quantitative estimate of drug-likeness (QED) is 0.675. The lowest BCUT2D eigenvalue weighted by atomic mass is 10.0. The van der Waals surface area contributed by atoms with Crippen molar-refractivity contribution in [2.45, 2.75) is 45.1 Å². The SMILES string of the molecule is CCN(CC)S(=O)(=O)c1ccc(C(=O)NC(CN)CC(C)C)cc1.Cl. The molecule has 0 aliphatic carbocycles. The summed E-state index contributed by atoms with van der Waals surface area (Å²) in [5, 5.41) is 2.89. The van der Waals surface area contributed by atoms with Crippen LogP contribution in [0.25, 0.3) is 0 Å². The zero-order valence-electron chi connectivity index (χ0n) is 15.4. The van der Waals surface area contributed by atoms with Crippen molar-refractivity contribution in [2.24, 2.45) is 11.7 Å². The van der Waals surface area contributed by atoms with Crippen molar-refractivity contribution in [1.29, 1.82) is 0 Å². The molecule has 1 rings (SSSR count). The summed E-state index contributed by atoms with van der Waals surface area (Å²) in [5.41, 5.74) is 6.12. The Morgan fingerprint density at radius 1 is 1.16 bits per heavy atom. The molecule has 1 atom stereocenters. The number of amides is 1. The zero-order valence-corrected chi connectivity index (χ0v) is 17.0. The van der Waals surface area contributed by atoms with Crippen molar-refractivity contribution >= 4 is 28.3 Å². The highest BCUT2D eigenvalue weighted by atomic mass is 35.5. The molecule has 6 nitrogen and oxygen atoms in total. The van der Waals surface area contributed by atoms with Crippen LogP contribution in [0.2, 0.25) is 0 Å². The third-order valence-electron chi connectivity index (χ3n) is 3.84. The number of hydrogen-bond acceptors (Lipinski definition) is 4. The minimum absolute atomic E-state index is 0. The molecule has 1 aromatic rings. The summed E-state index contributed by atoms with van der Waals surface area (Å²) in [5.74, 6) is 0.193. The third kappa shape index (κ3) is 6.58. The summed E-state index contributed by atoms with van der Waals surface area (Å²) >= 11 is 0. The average molecular weight is 392 g/mol. The average Bonchev–Trinajstić information content (AvgIpc) is 2.54. The third-order valence-corrected chi connectivity index (χ3v) is 5.90. The van der Waals surface area contributed by atoms with Crippen molar-refractivity contribution in [3.63, 3.8) is 0 Å². The Bertz CT molecular complexity index is 629. The maximum absolute atomic E-state index is 12.4. The molecule has 0 saturated heterocycles. The van der Waals surface area contributed by atoms with Gasteiger partial charge in [0.05, 0.1) is 4.90 Å². The predicted octanol–water partition coefficient (Wildman–Crippen LogP) is 2.24. The highest BCUT2D eigenvalue weighted by Gasteiger charge is 2.22. The van der Waals surface area contributed by atoms with Crippen molar-refractivity contribution < 1.29 is 13.2 Å². The topological polar surface area (TPSA) is 92.5 Å². The van der Waals surface area contributed by atoms with Crippen LogP contribution in [0.15, 0.2) is 29.2 Å². The van der Waals surface area contributed by atoms with Gasteiger partial charge in [0, 0.05) is 31.2 Å². The number of carbonyl (C=O) groups excluding carboxylic acids is 1. The molecule has 25 heavy (non-hydrogen) atoms. The Kier molecular flexibility index (Phi) is 10.3. The van der Waals surface area contributed by atoms with Crippen molar-refractivity contribution in [2.75, 3.05) is 19.6 Å². The molecule has 144 valence electrons. The summed E-state index contributed by atoms with van der Waals surface area (Å²) in [7, 11) is -3.51. The molecule has 0 spiro atoms. The summed E-state index contributed by atoms with van der Waals surface area (Å²) < 4.78 is 26.2. The van der Waals surface area contributed by atoms with Crippen LogP contribution < -0.4 is 11.1 Å². The molecule has 0 bridgehead atoms. The van der Waals surface area contributed by atoms with E-state index in [-0.39, 0.29) is 29.3 Å². The Balaban J connectivity index is 0.00000576. The Morgan fingerprint density at radius 2 is 1.68 bits per heavy atom. The van der Waals surface area contributed by atoms with Gasteiger partial charge in [-0.3, -0.25) is 4.79 Å². The van der Waals surface area contributed by atoms with E-state index in [0.29, 0.717) is 31.1 Å². The normalized spacial score (nSPS) is 12.8. The number of nitrogens with one attached hydrogen (secondary N) is 1. The van der Waals surface area contributed by atoms with E-state index in [1.165, 1.54) is 28.6 Å². The van der Waals surface area contributed by atoms with Crippen LogP contribution in [0.3, 0.4) is 0 Å². The monoisotopic (exact) mass is 391 g/mol. The Hall–Kier alpha value is -1.15. The Labute approximate surface area is 157 Å². The molecule has 0 heterocycles. The molecule has 1 amide bonds. The van der Waals surface area contributed by atoms with Gasteiger partial charge in [-0.05, 0) is 36.6 Å². The minimum Gasteiger partial charge on any atom is -0.348 e. The minimum atomic E-state index is -3.51. The van der Waals surface area contributed by atoms with Gasteiger partial charge in [-0.15, -0.1) is 12.4 Å². The van der Waals surface area contributed by atoms with Gasteiger partial charge in [0.2, 0.25) is 10.0 Å². The molecular formula is C17H30ClN3O3S.